The average molecular weight is 526 g/mol. The molecule has 0 radical (unpaired) electrons. The highest BCUT2D eigenvalue weighted by Crippen LogP contribution is 2.31. The Morgan fingerprint density at radius 3 is 2.75 bits per heavy atom. The van der Waals surface area contributed by atoms with E-state index in [4.69, 9.17) is 23.2 Å². The number of carbonyl (C=O) groups is 2. The Balaban J connectivity index is 1.43. The van der Waals surface area contributed by atoms with Crippen molar-refractivity contribution in [1.82, 2.24) is 29.7 Å². The van der Waals surface area contributed by atoms with Crippen molar-refractivity contribution in [3.63, 3.8) is 0 Å². The number of hydrogen-bond acceptors (Lipinski definition) is 6. The summed E-state index contributed by atoms with van der Waals surface area (Å²) in [5.41, 5.74) is 2.54. The van der Waals surface area contributed by atoms with E-state index in [2.05, 4.69) is 25.3 Å². The predicted octanol–water partition coefficient (Wildman–Crippen LogP) is 4.68. The minimum Gasteiger partial charge on any atom is -0.360 e. The first-order valence-corrected chi connectivity index (χ1v) is 12.4. The van der Waals surface area contributed by atoms with Crippen LogP contribution < -0.4 is 5.32 Å². The van der Waals surface area contributed by atoms with Crippen molar-refractivity contribution in [2.45, 2.75) is 31.8 Å². The normalized spacial score (nSPS) is 16.5. The van der Waals surface area contributed by atoms with Crippen LogP contribution in [0.4, 0.5) is 5.82 Å². The molecule has 186 valence electrons. The Kier molecular flexibility index (Phi) is 6.44. The molecule has 0 bridgehead atoms. The van der Waals surface area contributed by atoms with E-state index >= 15 is 0 Å². The van der Waals surface area contributed by atoms with Crippen molar-refractivity contribution in [1.29, 1.82) is 0 Å². The number of anilines is 1. The number of halogens is 2. The minimum absolute atomic E-state index is 0.0894. The number of aromatic nitrogens is 4. The summed E-state index contributed by atoms with van der Waals surface area (Å²) in [4.78, 5) is 45.8. The molecule has 4 aromatic rings. The van der Waals surface area contributed by atoms with Gasteiger partial charge < -0.3 is 20.1 Å². The highest BCUT2D eigenvalue weighted by atomic mass is 35.5. The van der Waals surface area contributed by atoms with E-state index in [9.17, 15) is 9.59 Å². The first-order chi connectivity index (χ1) is 17.2. The molecule has 0 spiro atoms. The van der Waals surface area contributed by atoms with E-state index in [0.717, 1.165) is 23.3 Å². The second-order valence-corrected chi connectivity index (χ2v) is 9.95. The zero-order valence-corrected chi connectivity index (χ0v) is 21.6. The molecule has 36 heavy (non-hydrogen) atoms. The number of H-pyrrole nitrogens is 1. The van der Waals surface area contributed by atoms with E-state index < -0.39 is 6.04 Å². The molecule has 2 aromatic heterocycles. The number of carbonyl (C=O) groups excluding carboxylic acids is 2. The van der Waals surface area contributed by atoms with Gasteiger partial charge in [0, 0.05) is 31.0 Å². The SMILES string of the molecule is C[C@@H](Nc1ncnc2cc(C(=O)N3CCC[C@H]3C(=O)N(C)C)c(Cl)cc12)c1nc2ccc(Cl)cc2[nH]1. The van der Waals surface area contributed by atoms with Crippen LogP contribution in [0.5, 0.6) is 0 Å². The van der Waals surface area contributed by atoms with Crippen molar-refractivity contribution in [2.75, 3.05) is 26.0 Å². The van der Waals surface area contributed by atoms with E-state index in [1.54, 1.807) is 37.2 Å². The van der Waals surface area contributed by atoms with Crippen LogP contribution in [0.2, 0.25) is 10.0 Å². The van der Waals surface area contributed by atoms with Crippen molar-refractivity contribution in [3.8, 4) is 0 Å². The van der Waals surface area contributed by atoms with Crippen LogP contribution in [0.15, 0.2) is 36.7 Å². The lowest BCUT2D eigenvalue weighted by Gasteiger charge is -2.26. The molecule has 0 aliphatic carbocycles. The fourth-order valence-electron chi connectivity index (χ4n) is 4.55. The van der Waals surface area contributed by atoms with Gasteiger partial charge in [0.05, 0.1) is 33.2 Å². The van der Waals surface area contributed by atoms with Crippen molar-refractivity contribution >= 4 is 62.8 Å². The van der Waals surface area contributed by atoms with Gasteiger partial charge >= 0.3 is 0 Å². The molecule has 1 aliphatic rings. The fraction of sp³-hybridized carbons (Fsp3) is 0.320. The molecular formula is C25H25Cl2N7O2. The van der Waals surface area contributed by atoms with Crippen LogP contribution in [0.3, 0.4) is 0 Å². The highest BCUT2D eigenvalue weighted by molar-refractivity contribution is 6.35. The summed E-state index contributed by atoms with van der Waals surface area (Å²) in [6.07, 6.45) is 2.84. The number of amides is 2. The van der Waals surface area contributed by atoms with Gasteiger partial charge in [0.15, 0.2) is 0 Å². The lowest BCUT2D eigenvalue weighted by molar-refractivity contribution is -0.132. The third-order valence-corrected chi connectivity index (χ3v) is 6.97. The number of nitrogens with one attached hydrogen (secondary N) is 2. The predicted molar refractivity (Wildman–Crippen MR) is 140 cm³/mol. The fourth-order valence-corrected chi connectivity index (χ4v) is 4.97. The largest absolute Gasteiger partial charge is 0.360 e. The molecule has 11 heteroatoms. The number of likely N-dealkylation sites (N-methyl/N-ethyl adjacent to an activating group) is 1. The maximum absolute atomic E-state index is 13.4. The van der Waals surface area contributed by atoms with Crippen molar-refractivity contribution in [3.05, 3.63) is 58.1 Å². The molecule has 5 rings (SSSR count). The molecule has 3 heterocycles. The molecule has 1 saturated heterocycles. The lowest BCUT2D eigenvalue weighted by atomic mass is 10.1. The molecule has 2 amide bonds. The number of benzene rings is 2. The summed E-state index contributed by atoms with van der Waals surface area (Å²) in [5.74, 6) is 0.923. The molecule has 9 nitrogen and oxygen atoms in total. The number of aromatic amines is 1. The summed E-state index contributed by atoms with van der Waals surface area (Å²) in [6, 6.07) is 8.15. The number of hydrogen-bond donors (Lipinski definition) is 2. The molecule has 1 fully saturated rings. The Bertz CT molecular complexity index is 1490. The Morgan fingerprint density at radius 1 is 1.17 bits per heavy atom. The Morgan fingerprint density at radius 2 is 1.97 bits per heavy atom. The van der Waals surface area contributed by atoms with Crippen molar-refractivity contribution < 1.29 is 9.59 Å². The van der Waals surface area contributed by atoms with Crippen LogP contribution >= 0.6 is 23.2 Å². The Labute approximate surface area is 217 Å². The van der Waals surface area contributed by atoms with Gasteiger partial charge in [-0.3, -0.25) is 9.59 Å². The molecule has 0 saturated carbocycles. The first kappa shape index (κ1) is 24.3. The summed E-state index contributed by atoms with van der Waals surface area (Å²) in [6.45, 7) is 2.47. The number of imidazole rings is 1. The second-order valence-electron chi connectivity index (χ2n) is 9.11. The standard InChI is InChI=1S/C25H25Cl2N7O2/c1-13(22-31-18-7-6-14(26)9-20(18)32-22)30-23-16-10-17(27)15(11-19(16)28-12-29-23)24(35)34-8-4-5-21(34)25(36)33(2)3/h6-7,9-13,21H,4-5,8H2,1-3H3,(H,31,32)(H,28,29,30)/t13-,21+/m1/s1. The topological polar surface area (TPSA) is 107 Å². The molecule has 2 aromatic carbocycles. The number of nitrogens with zero attached hydrogens (tertiary/aromatic N) is 5. The van der Waals surface area contributed by atoms with E-state index in [0.29, 0.717) is 40.3 Å². The summed E-state index contributed by atoms with van der Waals surface area (Å²) < 4.78 is 0. The van der Waals surface area contributed by atoms with Crippen LogP contribution in [-0.4, -0.2) is 68.2 Å². The van der Waals surface area contributed by atoms with Gasteiger partial charge in [0.2, 0.25) is 5.91 Å². The Hall–Kier alpha value is -3.43. The molecule has 2 N–H and O–H groups in total. The third-order valence-electron chi connectivity index (χ3n) is 6.42. The first-order valence-electron chi connectivity index (χ1n) is 11.6. The quantitative estimate of drug-likeness (QED) is 0.391. The smallest absolute Gasteiger partial charge is 0.256 e. The summed E-state index contributed by atoms with van der Waals surface area (Å²) in [7, 11) is 3.39. The minimum atomic E-state index is -0.485. The van der Waals surface area contributed by atoms with Crippen LogP contribution in [0.25, 0.3) is 21.9 Å². The average Bonchev–Trinajstić information content (AvgIpc) is 3.50. The zero-order valence-electron chi connectivity index (χ0n) is 20.0. The van der Waals surface area contributed by atoms with Gasteiger partial charge in [0.25, 0.3) is 5.91 Å². The van der Waals surface area contributed by atoms with Gasteiger partial charge in [-0.1, -0.05) is 23.2 Å². The molecule has 0 unspecified atom stereocenters. The number of rotatable bonds is 5. The number of fused-ring (bicyclic) bond motifs is 2. The second kappa shape index (κ2) is 9.55. The summed E-state index contributed by atoms with van der Waals surface area (Å²) >= 11 is 12.7. The van der Waals surface area contributed by atoms with E-state index in [-0.39, 0.29) is 22.9 Å². The van der Waals surface area contributed by atoms with Gasteiger partial charge in [0.1, 0.15) is 24.0 Å². The van der Waals surface area contributed by atoms with Gasteiger partial charge in [-0.15, -0.1) is 0 Å². The molecule has 1 aliphatic heterocycles. The maximum atomic E-state index is 13.4. The zero-order chi connectivity index (χ0) is 25.6. The van der Waals surface area contributed by atoms with Crippen LogP contribution in [0, 0.1) is 0 Å². The molecular weight excluding hydrogens is 501 g/mol. The number of likely N-dealkylation sites (tertiary alicyclic amines) is 1. The van der Waals surface area contributed by atoms with E-state index in [1.165, 1.54) is 11.2 Å². The summed E-state index contributed by atoms with van der Waals surface area (Å²) in [5, 5.41) is 4.94. The third kappa shape index (κ3) is 4.44. The lowest BCUT2D eigenvalue weighted by Crippen LogP contribution is -2.45. The maximum Gasteiger partial charge on any atom is 0.256 e. The monoisotopic (exact) mass is 525 g/mol. The van der Waals surface area contributed by atoms with Crippen LogP contribution in [-0.2, 0) is 4.79 Å². The van der Waals surface area contributed by atoms with Crippen LogP contribution in [0.1, 0.15) is 42.0 Å². The van der Waals surface area contributed by atoms with Gasteiger partial charge in [-0.25, -0.2) is 15.0 Å². The van der Waals surface area contributed by atoms with Crippen molar-refractivity contribution in [2.24, 2.45) is 0 Å². The molecule has 2 atom stereocenters. The van der Waals surface area contributed by atoms with Gasteiger partial charge in [-0.2, -0.15) is 0 Å². The van der Waals surface area contributed by atoms with E-state index in [1.807, 2.05) is 19.1 Å². The van der Waals surface area contributed by atoms with Gasteiger partial charge in [-0.05, 0) is 50.1 Å². The highest BCUT2D eigenvalue weighted by Gasteiger charge is 2.36.